The molecule has 2 saturated heterocycles. The van der Waals surface area contributed by atoms with Crippen molar-refractivity contribution in [2.75, 3.05) is 63.4 Å². The number of piperidine rings is 2. The first-order valence-electron chi connectivity index (χ1n) is 21.5. The number of rotatable bonds is 14. The quantitative estimate of drug-likeness (QED) is 0.118. The van der Waals surface area contributed by atoms with Crippen LogP contribution in [0.1, 0.15) is 62.5 Å². The number of aromatic nitrogens is 4. The molecule has 2 saturated carbocycles. The normalized spacial score (nSPS) is 20.7. The van der Waals surface area contributed by atoms with Gasteiger partial charge in [-0.25, -0.2) is 28.7 Å². The summed E-state index contributed by atoms with van der Waals surface area (Å²) in [6.45, 7) is 4.95. The molecule has 4 atom stereocenters. The summed E-state index contributed by atoms with van der Waals surface area (Å²) in [7, 11) is 2.53. The van der Waals surface area contributed by atoms with Gasteiger partial charge in [0.05, 0.1) is 68.5 Å². The number of nitrogens with zero attached hydrogens (tertiary/aromatic N) is 6. The first kappa shape index (κ1) is 47.6. The van der Waals surface area contributed by atoms with Gasteiger partial charge in [-0.2, -0.15) is 0 Å². The van der Waals surface area contributed by atoms with E-state index in [1.165, 1.54) is 58.1 Å². The second kappa shape index (κ2) is 23.2. The lowest BCUT2D eigenvalue weighted by molar-refractivity contribution is -0.140. The molecule has 13 nitrogen and oxygen atoms in total. The summed E-state index contributed by atoms with van der Waals surface area (Å²) >= 11 is 11.7. The van der Waals surface area contributed by atoms with Crippen molar-refractivity contribution < 1.29 is 42.8 Å². The summed E-state index contributed by atoms with van der Waals surface area (Å²) in [6.07, 6.45) is 15.7. The second-order valence-corrected chi connectivity index (χ2v) is 17.4. The van der Waals surface area contributed by atoms with Crippen molar-refractivity contribution in [1.82, 2.24) is 19.9 Å². The van der Waals surface area contributed by atoms with Gasteiger partial charge >= 0.3 is 11.9 Å². The third kappa shape index (κ3) is 14.3. The summed E-state index contributed by atoms with van der Waals surface area (Å²) in [5.41, 5.74) is 0.529. The Labute approximate surface area is 377 Å². The number of esters is 2. The lowest BCUT2D eigenvalue weighted by Gasteiger charge is -2.32. The maximum atomic E-state index is 14.1. The van der Waals surface area contributed by atoms with E-state index in [1.807, 2.05) is 0 Å². The second-order valence-electron chi connectivity index (χ2n) is 16.6. The van der Waals surface area contributed by atoms with E-state index >= 15 is 0 Å². The number of methoxy groups -OCH3 is 2. The molecule has 2 aromatic heterocycles. The predicted octanol–water partition coefficient (Wildman–Crippen LogP) is 7.92. The van der Waals surface area contributed by atoms with Crippen LogP contribution < -0.4 is 14.5 Å². The Morgan fingerprint density at radius 1 is 0.698 bits per heavy atom. The number of carbonyl (C=O) groups excluding carboxylic acids is 2. The largest absolute Gasteiger partial charge is 0.508 e. The molecule has 63 heavy (non-hydrogen) atoms. The van der Waals surface area contributed by atoms with Crippen molar-refractivity contribution in [3.63, 3.8) is 0 Å². The lowest BCUT2D eigenvalue weighted by Crippen LogP contribution is -2.35. The topological polar surface area (TPSA) is 160 Å². The van der Waals surface area contributed by atoms with Gasteiger partial charge in [-0.15, -0.1) is 0 Å². The van der Waals surface area contributed by atoms with E-state index in [9.17, 15) is 18.4 Å². The smallest absolute Gasteiger partial charge is 0.310 e. The minimum atomic E-state index is -0.606. The first-order valence-corrected chi connectivity index (χ1v) is 22.3. The average Bonchev–Trinajstić information content (AvgIpc) is 4.24. The zero-order chi connectivity index (χ0) is 44.9. The molecule has 4 aromatic rings. The summed E-state index contributed by atoms with van der Waals surface area (Å²) in [5, 5.41) is 19.0. The van der Waals surface area contributed by atoms with Gasteiger partial charge in [0.1, 0.15) is 23.1 Å². The zero-order valence-electron chi connectivity index (χ0n) is 35.7. The highest BCUT2D eigenvalue weighted by molar-refractivity contribution is 6.30. The van der Waals surface area contributed by atoms with Gasteiger partial charge in [0.25, 0.3) is 0 Å². The third-order valence-electron chi connectivity index (χ3n) is 12.5. The number of phenols is 1. The average molecular weight is 914 g/mol. The minimum Gasteiger partial charge on any atom is -0.508 e. The van der Waals surface area contributed by atoms with Gasteiger partial charge in [0.15, 0.2) is 0 Å². The maximum Gasteiger partial charge on any atom is 0.310 e. The molecular weight excluding hydrogens is 857 g/mol. The van der Waals surface area contributed by atoms with E-state index in [2.05, 4.69) is 39.2 Å². The standard InChI is InChI=1S/C23H27ClFN3O3.C14H20ClN3O.C9H9FO3/c1-30-22(29)11-17-2-3-19(12-21(17)25)31-9-6-16-10-20(16)15-4-7-28(8-5-15)23-26-13-18(24)14-27-23;15-12-8-16-14(17-9-12)18-4-1-10(2-5-18)13-7-11(13)3-6-19;1-13-9(12)4-6-2-3-7(11)5-8(6)10/h2-3,12-16,20H,4-11H2,1H3;8-11,13,19H,1-7H2;2-3,5,11H,4H2,1H3/t16-,20-;11-,13-;/m11./s1. The highest BCUT2D eigenvalue weighted by Crippen LogP contribution is 2.50. The van der Waals surface area contributed by atoms with Crippen LogP contribution in [0.4, 0.5) is 20.7 Å². The summed E-state index contributed by atoms with van der Waals surface area (Å²) in [6, 6.07) is 8.26. The Bertz CT molecular complexity index is 2090. The van der Waals surface area contributed by atoms with Crippen molar-refractivity contribution in [3.05, 3.63) is 94.0 Å². The molecule has 0 amide bonds. The van der Waals surface area contributed by atoms with Crippen LogP contribution in [0.15, 0.2) is 61.2 Å². The summed E-state index contributed by atoms with van der Waals surface area (Å²) in [4.78, 5) is 43.7. The predicted molar refractivity (Wildman–Crippen MR) is 235 cm³/mol. The minimum absolute atomic E-state index is 0.0741. The number of ether oxygens (including phenoxy) is 3. The molecule has 2 N–H and O–H groups in total. The summed E-state index contributed by atoms with van der Waals surface area (Å²) in [5.74, 6) is 4.54. The van der Waals surface area contributed by atoms with Gasteiger partial charge in [-0.3, -0.25) is 9.59 Å². The SMILES string of the molecule is COC(=O)Cc1ccc(O)cc1F.COC(=O)Cc1ccc(OCC[C@@H]2C[C@@H]2C2CCN(c3ncc(Cl)cn3)CC2)cc1F.OCC[C@@H]1C[C@@H]1C1CCN(c2ncc(Cl)cn2)CC1. The Kier molecular flexibility index (Phi) is 17.5. The van der Waals surface area contributed by atoms with Crippen LogP contribution in [0.25, 0.3) is 0 Å². The number of anilines is 2. The van der Waals surface area contributed by atoms with Crippen LogP contribution in [0.2, 0.25) is 10.0 Å². The number of hydrogen-bond donors (Lipinski definition) is 2. The van der Waals surface area contributed by atoms with E-state index < -0.39 is 23.6 Å². The molecule has 4 aliphatic rings. The van der Waals surface area contributed by atoms with E-state index in [1.54, 1.807) is 36.9 Å². The zero-order valence-corrected chi connectivity index (χ0v) is 37.2. The first-order chi connectivity index (χ1) is 30.4. The number of benzene rings is 2. The highest BCUT2D eigenvalue weighted by atomic mass is 35.5. The van der Waals surface area contributed by atoms with Crippen molar-refractivity contribution in [3.8, 4) is 11.5 Å². The van der Waals surface area contributed by atoms with E-state index in [0.29, 0.717) is 40.5 Å². The van der Waals surface area contributed by atoms with E-state index in [0.717, 1.165) is 99.4 Å². The number of halogens is 4. The molecule has 2 aliphatic carbocycles. The number of phenolic OH excluding ortho intramolecular Hbond substituents is 1. The molecule has 0 bridgehead atoms. The van der Waals surface area contributed by atoms with Crippen LogP contribution in [-0.4, -0.2) is 95.7 Å². The van der Waals surface area contributed by atoms with Gasteiger partial charge in [-0.1, -0.05) is 35.3 Å². The number of aromatic hydroxyl groups is 1. The maximum absolute atomic E-state index is 14.1. The van der Waals surface area contributed by atoms with Crippen LogP contribution in [-0.2, 0) is 31.9 Å². The molecule has 2 aromatic carbocycles. The van der Waals surface area contributed by atoms with E-state index in [4.69, 9.17) is 38.2 Å². The monoisotopic (exact) mass is 912 g/mol. The van der Waals surface area contributed by atoms with Gasteiger partial charge in [0.2, 0.25) is 11.9 Å². The van der Waals surface area contributed by atoms with Crippen LogP contribution in [0, 0.1) is 47.1 Å². The Morgan fingerprint density at radius 2 is 1.14 bits per heavy atom. The van der Waals surface area contributed by atoms with Crippen molar-refractivity contribution in [1.29, 1.82) is 0 Å². The summed E-state index contributed by atoms with van der Waals surface area (Å²) < 4.78 is 41.8. The van der Waals surface area contributed by atoms with Gasteiger partial charge in [0, 0.05) is 44.9 Å². The van der Waals surface area contributed by atoms with Crippen molar-refractivity contribution in [2.45, 2.75) is 64.2 Å². The lowest BCUT2D eigenvalue weighted by atomic mass is 9.90. The Morgan fingerprint density at radius 3 is 1.57 bits per heavy atom. The molecule has 340 valence electrons. The molecule has 0 spiro atoms. The Balaban J connectivity index is 0.000000175. The number of carbonyl (C=O) groups is 2. The fourth-order valence-corrected chi connectivity index (χ4v) is 8.94. The van der Waals surface area contributed by atoms with Crippen LogP contribution in [0.5, 0.6) is 11.5 Å². The van der Waals surface area contributed by atoms with Crippen molar-refractivity contribution >= 4 is 47.0 Å². The van der Waals surface area contributed by atoms with Crippen molar-refractivity contribution in [2.24, 2.45) is 35.5 Å². The fraction of sp³-hybridized carbons (Fsp3) is 0.522. The molecule has 4 heterocycles. The molecular formula is C46H56Cl2F2N6O7. The number of aliphatic hydroxyl groups is 1. The Hall–Kier alpha value is -4.86. The molecule has 0 radical (unpaired) electrons. The molecule has 2 aliphatic heterocycles. The third-order valence-corrected chi connectivity index (χ3v) is 12.9. The van der Waals surface area contributed by atoms with Crippen LogP contribution in [0.3, 0.4) is 0 Å². The number of hydrogen-bond acceptors (Lipinski definition) is 13. The number of aliphatic hydroxyl groups excluding tert-OH is 1. The molecule has 8 rings (SSSR count). The molecule has 4 fully saturated rings. The van der Waals surface area contributed by atoms with Gasteiger partial charge < -0.3 is 34.2 Å². The van der Waals surface area contributed by atoms with E-state index in [-0.39, 0.29) is 24.2 Å². The fourth-order valence-electron chi connectivity index (χ4n) is 8.74. The van der Waals surface area contributed by atoms with Crippen LogP contribution >= 0.6 is 23.2 Å². The molecule has 17 heteroatoms. The molecule has 0 unspecified atom stereocenters. The highest BCUT2D eigenvalue weighted by Gasteiger charge is 2.44. The van der Waals surface area contributed by atoms with Gasteiger partial charge in [-0.05, 0) is 110 Å².